The highest BCUT2D eigenvalue weighted by Gasteiger charge is 2.51. The van der Waals surface area contributed by atoms with Gasteiger partial charge < -0.3 is 4.90 Å². The zero-order valence-corrected chi connectivity index (χ0v) is 18.3. The van der Waals surface area contributed by atoms with Crippen molar-refractivity contribution in [3.05, 3.63) is 59.9 Å². The van der Waals surface area contributed by atoms with Gasteiger partial charge in [-0.15, -0.1) is 0 Å². The lowest BCUT2D eigenvalue weighted by molar-refractivity contribution is 0.0709. The summed E-state index contributed by atoms with van der Waals surface area (Å²) in [6.07, 6.45) is 2.99. The standard InChI is InChI=1S/C23H27FN2O3S/c1-22(2)12-17-13-23(3,14-22)15-26(17)21(27)19-6-4-5-7-20(19)25-30(28,29)18-10-8-16(24)9-11-18/h4-11,17,25H,12-15H2,1-3H3. The number of fused-ring (bicyclic) bond motifs is 2. The molecular formula is C23H27FN2O3S. The summed E-state index contributed by atoms with van der Waals surface area (Å²) in [7, 11) is -3.95. The Kier molecular flexibility index (Phi) is 4.92. The van der Waals surface area contributed by atoms with Crippen LogP contribution in [0.5, 0.6) is 0 Å². The first-order valence-corrected chi connectivity index (χ1v) is 11.6. The summed E-state index contributed by atoms with van der Waals surface area (Å²) in [5.74, 6) is -0.667. The molecule has 30 heavy (non-hydrogen) atoms. The first-order chi connectivity index (χ1) is 14.0. The van der Waals surface area contributed by atoms with E-state index in [1.165, 1.54) is 12.1 Å². The summed E-state index contributed by atoms with van der Waals surface area (Å²) in [5.41, 5.74) is 0.830. The molecule has 1 heterocycles. The first kappa shape index (κ1) is 20.8. The summed E-state index contributed by atoms with van der Waals surface area (Å²) < 4.78 is 41.2. The van der Waals surface area contributed by atoms with Gasteiger partial charge in [0.05, 0.1) is 16.1 Å². The van der Waals surface area contributed by atoms with Crippen molar-refractivity contribution >= 4 is 21.6 Å². The van der Waals surface area contributed by atoms with Crippen LogP contribution in [0.15, 0.2) is 53.4 Å². The Morgan fingerprint density at radius 3 is 2.43 bits per heavy atom. The molecule has 2 fully saturated rings. The summed E-state index contributed by atoms with van der Waals surface area (Å²) in [6.45, 7) is 7.41. The lowest BCUT2D eigenvalue weighted by atomic mass is 9.65. The Bertz CT molecular complexity index is 1080. The molecule has 1 aliphatic carbocycles. The number of nitrogens with zero attached hydrogens (tertiary/aromatic N) is 1. The van der Waals surface area contributed by atoms with Crippen LogP contribution < -0.4 is 4.72 Å². The van der Waals surface area contributed by atoms with E-state index in [1.54, 1.807) is 24.3 Å². The maximum Gasteiger partial charge on any atom is 0.261 e. The van der Waals surface area contributed by atoms with E-state index in [2.05, 4.69) is 25.5 Å². The predicted molar refractivity (Wildman–Crippen MR) is 114 cm³/mol. The molecule has 4 rings (SSSR count). The minimum absolute atomic E-state index is 0.0579. The van der Waals surface area contributed by atoms with E-state index in [-0.39, 0.29) is 33.4 Å². The van der Waals surface area contributed by atoms with Gasteiger partial charge in [-0.05, 0) is 66.5 Å². The molecule has 0 spiro atoms. The summed E-state index contributed by atoms with van der Waals surface area (Å²) in [6, 6.07) is 11.4. The third-order valence-electron chi connectivity index (χ3n) is 6.20. The molecule has 2 aromatic carbocycles. The van der Waals surface area contributed by atoms with Gasteiger partial charge in [-0.1, -0.05) is 32.9 Å². The fourth-order valence-corrected chi connectivity index (χ4v) is 6.51. The van der Waals surface area contributed by atoms with Crippen LogP contribution in [0.2, 0.25) is 0 Å². The molecule has 2 bridgehead atoms. The fraction of sp³-hybridized carbons (Fsp3) is 0.435. The smallest absolute Gasteiger partial charge is 0.261 e. The van der Waals surface area contributed by atoms with Crippen molar-refractivity contribution in [1.29, 1.82) is 0 Å². The van der Waals surface area contributed by atoms with Gasteiger partial charge in [0.1, 0.15) is 5.82 Å². The van der Waals surface area contributed by atoms with Crippen molar-refractivity contribution in [2.75, 3.05) is 11.3 Å². The molecule has 0 radical (unpaired) electrons. The number of likely N-dealkylation sites (tertiary alicyclic amines) is 1. The average molecular weight is 431 g/mol. The van der Waals surface area contributed by atoms with Crippen molar-refractivity contribution in [1.82, 2.24) is 4.90 Å². The van der Waals surface area contributed by atoms with Gasteiger partial charge in [0.2, 0.25) is 0 Å². The van der Waals surface area contributed by atoms with Crippen molar-refractivity contribution < 1.29 is 17.6 Å². The Hall–Kier alpha value is -2.41. The van der Waals surface area contributed by atoms with Crippen LogP contribution in [0.25, 0.3) is 0 Å². The van der Waals surface area contributed by atoms with Gasteiger partial charge in [-0.25, -0.2) is 12.8 Å². The van der Waals surface area contributed by atoms with Crippen molar-refractivity contribution in [3.63, 3.8) is 0 Å². The monoisotopic (exact) mass is 430 g/mol. The van der Waals surface area contributed by atoms with E-state index in [0.717, 1.165) is 31.4 Å². The van der Waals surface area contributed by atoms with Crippen LogP contribution in [-0.4, -0.2) is 31.8 Å². The number of rotatable bonds is 4. The Morgan fingerprint density at radius 1 is 1.07 bits per heavy atom. The number of anilines is 1. The maximum absolute atomic E-state index is 13.5. The Balaban J connectivity index is 1.62. The second-order valence-corrected chi connectivity index (χ2v) is 11.4. The number of amides is 1. The molecule has 1 aliphatic heterocycles. The molecule has 1 amide bonds. The fourth-order valence-electron chi connectivity index (χ4n) is 5.43. The van der Waals surface area contributed by atoms with E-state index >= 15 is 0 Å². The number of carbonyl (C=O) groups is 1. The molecule has 1 saturated heterocycles. The zero-order valence-electron chi connectivity index (χ0n) is 17.5. The lowest BCUT2D eigenvalue weighted by Gasteiger charge is -2.39. The summed E-state index contributed by atoms with van der Waals surface area (Å²) in [5, 5.41) is 0. The van der Waals surface area contributed by atoms with E-state index in [4.69, 9.17) is 0 Å². The average Bonchev–Trinajstić information content (AvgIpc) is 2.90. The molecule has 5 nitrogen and oxygen atoms in total. The van der Waals surface area contributed by atoms with Gasteiger partial charge in [0, 0.05) is 12.6 Å². The van der Waals surface area contributed by atoms with Crippen molar-refractivity contribution in [3.8, 4) is 0 Å². The van der Waals surface area contributed by atoms with Crippen LogP contribution >= 0.6 is 0 Å². The van der Waals surface area contributed by atoms with E-state index in [0.29, 0.717) is 12.1 Å². The van der Waals surface area contributed by atoms with Crippen LogP contribution in [0.1, 0.15) is 50.4 Å². The van der Waals surface area contributed by atoms with Crippen molar-refractivity contribution in [2.45, 2.75) is 51.0 Å². The minimum Gasteiger partial charge on any atom is -0.335 e. The topological polar surface area (TPSA) is 66.5 Å². The quantitative estimate of drug-likeness (QED) is 0.767. The minimum atomic E-state index is -3.95. The van der Waals surface area contributed by atoms with Crippen LogP contribution in [0.4, 0.5) is 10.1 Å². The maximum atomic E-state index is 13.5. The first-order valence-electron chi connectivity index (χ1n) is 10.2. The molecule has 7 heteroatoms. The van der Waals surface area contributed by atoms with Gasteiger partial charge in [-0.2, -0.15) is 0 Å². The Labute approximate surface area is 177 Å². The summed E-state index contributed by atoms with van der Waals surface area (Å²) in [4.78, 5) is 15.3. The molecule has 1 N–H and O–H groups in total. The zero-order chi connectivity index (χ0) is 21.7. The number of carbonyl (C=O) groups excluding carboxylic acids is 1. The largest absolute Gasteiger partial charge is 0.335 e. The SMILES string of the molecule is CC1(C)CC2CC(C)(CN2C(=O)c2ccccc2NS(=O)(=O)c2ccc(F)cc2)C1. The number of para-hydroxylation sites is 1. The van der Waals surface area contributed by atoms with Gasteiger partial charge >= 0.3 is 0 Å². The second kappa shape index (κ2) is 7.08. The molecule has 0 aromatic heterocycles. The normalized spacial score (nSPS) is 25.2. The number of hydrogen-bond acceptors (Lipinski definition) is 3. The summed E-state index contributed by atoms with van der Waals surface area (Å²) >= 11 is 0. The van der Waals surface area contributed by atoms with E-state index in [1.807, 2.05) is 4.90 Å². The number of sulfonamides is 1. The number of halogens is 1. The molecule has 160 valence electrons. The third-order valence-corrected chi connectivity index (χ3v) is 7.58. The van der Waals surface area contributed by atoms with Crippen LogP contribution in [0, 0.1) is 16.6 Å². The third kappa shape index (κ3) is 3.95. The highest BCUT2D eigenvalue weighted by Crippen LogP contribution is 2.52. The molecular weight excluding hydrogens is 403 g/mol. The molecule has 2 aliphatic rings. The predicted octanol–water partition coefficient (Wildman–Crippen LogP) is 4.67. The molecule has 2 atom stereocenters. The Morgan fingerprint density at radius 2 is 1.73 bits per heavy atom. The van der Waals surface area contributed by atoms with Gasteiger partial charge in [0.15, 0.2) is 0 Å². The molecule has 2 unspecified atom stereocenters. The number of nitrogens with one attached hydrogen (secondary N) is 1. The van der Waals surface area contributed by atoms with Gasteiger partial charge in [-0.3, -0.25) is 9.52 Å². The van der Waals surface area contributed by atoms with E-state index in [9.17, 15) is 17.6 Å². The molecule has 2 aromatic rings. The number of benzene rings is 2. The van der Waals surface area contributed by atoms with Crippen LogP contribution in [-0.2, 0) is 10.0 Å². The highest BCUT2D eigenvalue weighted by molar-refractivity contribution is 7.92. The second-order valence-electron chi connectivity index (χ2n) is 9.75. The van der Waals surface area contributed by atoms with Crippen molar-refractivity contribution in [2.24, 2.45) is 10.8 Å². The van der Waals surface area contributed by atoms with E-state index < -0.39 is 15.8 Å². The highest BCUT2D eigenvalue weighted by atomic mass is 32.2. The molecule has 1 saturated carbocycles. The van der Waals surface area contributed by atoms with Crippen LogP contribution in [0.3, 0.4) is 0 Å². The lowest BCUT2D eigenvalue weighted by Crippen LogP contribution is -2.38. The number of hydrogen-bond donors (Lipinski definition) is 1. The van der Waals surface area contributed by atoms with Gasteiger partial charge in [0.25, 0.3) is 15.9 Å².